The van der Waals surface area contributed by atoms with Crippen molar-refractivity contribution in [3.8, 4) is 11.3 Å². The van der Waals surface area contributed by atoms with Crippen LogP contribution in [-0.2, 0) is 25.5 Å². The van der Waals surface area contributed by atoms with Crippen LogP contribution in [0.15, 0.2) is 58.5 Å². The van der Waals surface area contributed by atoms with Crippen molar-refractivity contribution in [2.75, 3.05) is 24.3 Å². The van der Waals surface area contributed by atoms with Crippen molar-refractivity contribution in [1.82, 2.24) is 9.97 Å². The number of H-pyrrole nitrogens is 1. The standard InChI is InChI=1S/C26H31N3O5S2/c1-3-33-24(31)15-13-20(25(32)34-4-2)27-23-14-12-19(36-23)11-8-16-35-26-28-21(17-22(30)29-26)18-9-6-5-7-10-18/h5-7,9-10,12,14,17,20,27H,3-4,8,11,13,15-16H2,1-2H3,(H,28,29,30)/t20-/m0/s1. The third-order valence-corrected chi connectivity index (χ3v) is 7.12. The second kappa shape index (κ2) is 14.4. The second-order valence-electron chi connectivity index (χ2n) is 7.81. The van der Waals surface area contributed by atoms with E-state index in [4.69, 9.17) is 9.47 Å². The third kappa shape index (κ3) is 8.83. The lowest BCUT2D eigenvalue weighted by molar-refractivity contribution is -0.145. The fraction of sp³-hybridized carbons (Fsp3) is 0.385. The minimum absolute atomic E-state index is 0.140. The molecule has 1 atom stereocenters. The highest BCUT2D eigenvalue weighted by molar-refractivity contribution is 7.99. The highest BCUT2D eigenvalue weighted by atomic mass is 32.2. The van der Waals surface area contributed by atoms with Gasteiger partial charge in [-0.2, -0.15) is 0 Å². The molecule has 0 amide bonds. The minimum Gasteiger partial charge on any atom is -0.466 e. The molecule has 2 N–H and O–H groups in total. The molecule has 0 fully saturated rings. The molecule has 3 aromatic rings. The zero-order chi connectivity index (χ0) is 25.8. The minimum atomic E-state index is -0.615. The number of aryl methyl sites for hydroxylation is 1. The Hall–Kier alpha value is -3.11. The number of aromatic amines is 1. The van der Waals surface area contributed by atoms with Gasteiger partial charge in [0, 0.05) is 28.7 Å². The van der Waals surface area contributed by atoms with Crippen molar-refractivity contribution in [2.45, 2.75) is 50.7 Å². The Bertz CT molecular complexity index is 1180. The summed E-state index contributed by atoms with van der Waals surface area (Å²) < 4.78 is 10.1. The molecular formula is C26H31N3O5S2. The van der Waals surface area contributed by atoms with Gasteiger partial charge in [-0.3, -0.25) is 9.59 Å². The van der Waals surface area contributed by atoms with Crippen molar-refractivity contribution in [1.29, 1.82) is 0 Å². The first-order valence-corrected chi connectivity index (χ1v) is 13.8. The molecule has 8 nitrogen and oxygen atoms in total. The summed E-state index contributed by atoms with van der Waals surface area (Å²) in [6.07, 6.45) is 2.19. The van der Waals surface area contributed by atoms with Gasteiger partial charge in [0.05, 0.1) is 23.9 Å². The number of hydrogen-bond acceptors (Lipinski definition) is 9. The van der Waals surface area contributed by atoms with Crippen LogP contribution in [0.4, 0.5) is 5.00 Å². The van der Waals surface area contributed by atoms with Gasteiger partial charge in [0.15, 0.2) is 5.16 Å². The fourth-order valence-corrected chi connectivity index (χ4v) is 5.24. The summed E-state index contributed by atoms with van der Waals surface area (Å²) in [6.45, 7) is 4.10. The van der Waals surface area contributed by atoms with Crippen molar-refractivity contribution in [2.24, 2.45) is 0 Å². The number of aromatic nitrogens is 2. The summed E-state index contributed by atoms with van der Waals surface area (Å²) in [6, 6.07) is 14.5. The van der Waals surface area contributed by atoms with Crippen LogP contribution in [0.2, 0.25) is 0 Å². The Labute approximate surface area is 218 Å². The first kappa shape index (κ1) is 27.5. The van der Waals surface area contributed by atoms with Crippen molar-refractivity contribution in [3.05, 3.63) is 63.8 Å². The molecule has 0 radical (unpaired) electrons. The number of nitrogens with zero attached hydrogens (tertiary/aromatic N) is 1. The summed E-state index contributed by atoms with van der Waals surface area (Å²) in [7, 11) is 0. The molecule has 0 aliphatic rings. The lowest BCUT2D eigenvalue weighted by atomic mass is 10.1. The van der Waals surface area contributed by atoms with Crippen molar-refractivity contribution < 1.29 is 19.1 Å². The van der Waals surface area contributed by atoms with Gasteiger partial charge >= 0.3 is 11.9 Å². The number of carbonyl (C=O) groups is 2. The van der Waals surface area contributed by atoms with E-state index in [-0.39, 0.29) is 30.5 Å². The van der Waals surface area contributed by atoms with Gasteiger partial charge in [-0.1, -0.05) is 42.1 Å². The lowest BCUT2D eigenvalue weighted by Gasteiger charge is -2.16. The Morgan fingerprint density at radius 1 is 1.11 bits per heavy atom. The molecule has 10 heteroatoms. The van der Waals surface area contributed by atoms with Gasteiger partial charge in [0.25, 0.3) is 5.56 Å². The van der Waals surface area contributed by atoms with Gasteiger partial charge < -0.3 is 19.8 Å². The number of nitrogens with one attached hydrogen (secondary N) is 2. The van der Waals surface area contributed by atoms with E-state index in [0.29, 0.717) is 23.9 Å². The van der Waals surface area contributed by atoms with E-state index in [9.17, 15) is 14.4 Å². The lowest BCUT2D eigenvalue weighted by Crippen LogP contribution is -2.32. The number of anilines is 1. The van der Waals surface area contributed by atoms with Crippen LogP contribution in [0.5, 0.6) is 0 Å². The highest BCUT2D eigenvalue weighted by Gasteiger charge is 2.22. The predicted molar refractivity (Wildman–Crippen MR) is 144 cm³/mol. The molecule has 0 spiro atoms. The first-order chi connectivity index (χ1) is 17.5. The number of esters is 2. The van der Waals surface area contributed by atoms with Gasteiger partial charge in [0.1, 0.15) is 6.04 Å². The Morgan fingerprint density at radius 2 is 1.89 bits per heavy atom. The average Bonchev–Trinajstić information content (AvgIpc) is 3.32. The zero-order valence-corrected chi connectivity index (χ0v) is 22.1. The molecule has 0 aliphatic heterocycles. The molecule has 0 bridgehead atoms. The van der Waals surface area contributed by atoms with Crippen LogP contribution in [-0.4, -0.2) is 46.9 Å². The Balaban J connectivity index is 1.50. The van der Waals surface area contributed by atoms with Crippen molar-refractivity contribution in [3.63, 3.8) is 0 Å². The number of carbonyl (C=O) groups excluding carboxylic acids is 2. The molecule has 0 aliphatic carbocycles. The van der Waals surface area contributed by atoms with Gasteiger partial charge in [-0.05, 0) is 45.2 Å². The topological polar surface area (TPSA) is 110 Å². The van der Waals surface area contributed by atoms with Gasteiger partial charge in [0.2, 0.25) is 0 Å². The summed E-state index contributed by atoms with van der Waals surface area (Å²) in [4.78, 5) is 44.7. The Morgan fingerprint density at radius 3 is 2.64 bits per heavy atom. The quantitative estimate of drug-likeness (QED) is 0.131. The normalized spacial score (nSPS) is 11.6. The zero-order valence-electron chi connectivity index (χ0n) is 20.5. The SMILES string of the molecule is CCOC(=O)CC[C@H](Nc1ccc(CCCSc2nc(-c3ccccc3)cc(=O)[nH]2)s1)C(=O)OCC. The molecule has 3 rings (SSSR count). The van der Waals surface area contributed by atoms with Crippen LogP contribution in [0, 0.1) is 0 Å². The monoisotopic (exact) mass is 529 g/mol. The van der Waals surface area contributed by atoms with E-state index in [1.54, 1.807) is 25.2 Å². The van der Waals surface area contributed by atoms with E-state index in [1.165, 1.54) is 22.7 Å². The number of rotatable bonds is 14. The number of hydrogen-bond donors (Lipinski definition) is 2. The maximum absolute atomic E-state index is 12.3. The van der Waals surface area contributed by atoms with E-state index >= 15 is 0 Å². The molecule has 1 aromatic carbocycles. The van der Waals surface area contributed by atoms with Crippen LogP contribution >= 0.6 is 23.1 Å². The highest BCUT2D eigenvalue weighted by Crippen LogP contribution is 2.26. The summed E-state index contributed by atoms with van der Waals surface area (Å²) in [5.74, 6) is 0.0859. The van der Waals surface area contributed by atoms with Gasteiger partial charge in [-0.25, -0.2) is 9.78 Å². The number of ether oxygens (including phenoxy) is 2. The number of thioether (sulfide) groups is 1. The molecular weight excluding hydrogens is 498 g/mol. The molecule has 2 aromatic heterocycles. The maximum atomic E-state index is 12.3. The number of thiophene rings is 1. The molecule has 0 saturated carbocycles. The molecule has 2 heterocycles. The maximum Gasteiger partial charge on any atom is 0.328 e. The van der Waals surface area contributed by atoms with Crippen LogP contribution < -0.4 is 10.9 Å². The smallest absolute Gasteiger partial charge is 0.328 e. The van der Waals surface area contributed by atoms with Crippen LogP contribution in [0.25, 0.3) is 11.3 Å². The number of benzene rings is 1. The predicted octanol–water partition coefficient (Wildman–Crippen LogP) is 4.91. The van der Waals surface area contributed by atoms with E-state index in [1.807, 2.05) is 42.5 Å². The fourth-order valence-electron chi connectivity index (χ4n) is 3.42. The molecule has 192 valence electrons. The van der Waals surface area contributed by atoms with Crippen LogP contribution in [0.1, 0.15) is 38.0 Å². The van der Waals surface area contributed by atoms with Gasteiger partial charge in [-0.15, -0.1) is 11.3 Å². The van der Waals surface area contributed by atoms with E-state index in [0.717, 1.165) is 29.2 Å². The van der Waals surface area contributed by atoms with Crippen LogP contribution in [0.3, 0.4) is 0 Å². The molecule has 0 unspecified atom stereocenters. The third-order valence-electron chi connectivity index (χ3n) is 5.09. The summed E-state index contributed by atoms with van der Waals surface area (Å²) in [5.41, 5.74) is 1.40. The summed E-state index contributed by atoms with van der Waals surface area (Å²) >= 11 is 3.09. The molecule has 36 heavy (non-hydrogen) atoms. The van der Waals surface area contributed by atoms with Crippen molar-refractivity contribution >= 4 is 40.0 Å². The first-order valence-electron chi connectivity index (χ1n) is 12.0. The second-order valence-corrected chi connectivity index (χ2v) is 10.1. The Kier molecular flexibility index (Phi) is 11.0. The van der Waals surface area contributed by atoms with E-state index < -0.39 is 6.04 Å². The summed E-state index contributed by atoms with van der Waals surface area (Å²) in [5, 5.41) is 4.66. The average molecular weight is 530 g/mol. The van der Waals surface area contributed by atoms with E-state index in [2.05, 4.69) is 15.3 Å². The molecule has 0 saturated heterocycles. The largest absolute Gasteiger partial charge is 0.466 e.